The molecule has 2 aliphatic heterocycles. The summed E-state index contributed by atoms with van der Waals surface area (Å²) < 4.78 is 23.1. The second-order valence-electron chi connectivity index (χ2n) is 8.08. The number of amides is 1. The summed E-state index contributed by atoms with van der Waals surface area (Å²) in [5.74, 6) is 1.13. The van der Waals surface area contributed by atoms with Gasteiger partial charge in [-0.25, -0.2) is 9.78 Å². The van der Waals surface area contributed by atoms with E-state index < -0.39 is 10.8 Å². The van der Waals surface area contributed by atoms with Crippen molar-refractivity contribution in [2.75, 3.05) is 30.8 Å². The monoisotopic (exact) mass is 444 g/mol. The number of aromatic nitrogens is 2. The number of benzene rings is 1. The van der Waals surface area contributed by atoms with Gasteiger partial charge in [-0.15, -0.1) is 0 Å². The van der Waals surface area contributed by atoms with Crippen LogP contribution in [0.25, 0.3) is 0 Å². The fraction of sp³-hybridized carbons (Fsp3) is 0.500. The van der Waals surface area contributed by atoms with E-state index in [1.807, 2.05) is 32.0 Å². The molecule has 0 spiro atoms. The zero-order valence-electron chi connectivity index (χ0n) is 18.1. The van der Waals surface area contributed by atoms with Gasteiger partial charge in [0.05, 0.1) is 6.10 Å². The van der Waals surface area contributed by atoms with E-state index in [-0.39, 0.29) is 18.3 Å². The molecule has 0 N–H and O–H groups in total. The Morgan fingerprint density at radius 1 is 1.19 bits per heavy atom. The van der Waals surface area contributed by atoms with E-state index in [1.54, 1.807) is 23.4 Å². The minimum absolute atomic E-state index is 0.00111. The van der Waals surface area contributed by atoms with Crippen LogP contribution in [0.2, 0.25) is 0 Å². The number of carbonyl (C=O) groups is 1. The Morgan fingerprint density at radius 2 is 1.97 bits per heavy atom. The van der Waals surface area contributed by atoms with Gasteiger partial charge in [0, 0.05) is 72.4 Å². The summed E-state index contributed by atoms with van der Waals surface area (Å²) in [4.78, 5) is 25.7. The number of hydrogen-bond donors (Lipinski definition) is 0. The number of fused-ring (bicyclic) bond motifs is 1. The number of carbonyl (C=O) groups excluding carboxylic acids is 1. The third-order valence-electron chi connectivity index (χ3n) is 5.46. The third kappa shape index (κ3) is 4.98. The number of rotatable bonds is 5. The molecule has 2 aliphatic rings. The maximum Gasteiger partial charge on any atom is 0.410 e. The van der Waals surface area contributed by atoms with Gasteiger partial charge in [0.1, 0.15) is 6.10 Å². The number of likely N-dealkylation sites (tertiary alicyclic amines) is 1. The fourth-order valence-electron chi connectivity index (χ4n) is 3.90. The highest BCUT2D eigenvalue weighted by molar-refractivity contribution is 7.84. The standard InChI is InChI=1S/C22H28N4O4S/c1-15(2)29-22(27)25-11-8-17(9-12-25)30-20-6-10-23-21(24-20)26-13-7-16-14-18(31(3)28)4-5-19(16)26/h4-6,10,14-15,17H,7-9,11-13H2,1-3H3. The molecule has 1 amide bonds. The van der Waals surface area contributed by atoms with Crippen LogP contribution in [0, 0.1) is 0 Å². The lowest BCUT2D eigenvalue weighted by Crippen LogP contribution is -2.42. The molecular weight excluding hydrogens is 416 g/mol. The lowest BCUT2D eigenvalue weighted by molar-refractivity contribution is 0.0507. The van der Waals surface area contributed by atoms with Crippen LogP contribution in [-0.2, 0) is 22.0 Å². The Kier molecular flexibility index (Phi) is 6.41. The van der Waals surface area contributed by atoms with Crippen LogP contribution in [0.4, 0.5) is 16.4 Å². The Hall–Kier alpha value is -2.68. The van der Waals surface area contributed by atoms with E-state index in [4.69, 9.17) is 9.47 Å². The van der Waals surface area contributed by atoms with Crippen LogP contribution >= 0.6 is 0 Å². The molecule has 3 heterocycles. The lowest BCUT2D eigenvalue weighted by atomic mass is 10.1. The van der Waals surface area contributed by atoms with Crippen LogP contribution in [0.1, 0.15) is 32.3 Å². The minimum atomic E-state index is -0.996. The fourth-order valence-corrected chi connectivity index (χ4v) is 4.46. The first-order valence-corrected chi connectivity index (χ1v) is 12.2. The molecule has 1 atom stereocenters. The molecule has 166 valence electrons. The van der Waals surface area contributed by atoms with Crippen LogP contribution in [-0.4, -0.2) is 63.3 Å². The molecule has 1 aromatic carbocycles. The van der Waals surface area contributed by atoms with Gasteiger partial charge in [0.15, 0.2) is 0 Å². The number of anilines is 2. The van der Waals surface area contributed by atoms with E-state index in [2.05, 4.69) is 14.9 Å². The average Bonchev–Trinajstić information content (AvgIpc) is 3.17. The number of hydrogen-bond acceptors (Lipinski definition) is 7. The molecule has 0 aliphatic carbocycles. The summed E-state index contributed by atoms with van der Waals surface area (Å²) in [5.41, 5.74) is 2.20. The normalized spacial score (nSPS) is 17.5. The highest BCUT2D eigenvalue weighted by Gasteiger charge is 2.27. The smallest absolute Gasteiger partial charge is 0.410 e. The van der Waals surface area contributed by atoms with Crippen molar-refractivity contribution in [3.63, 3.8) is 0 Å². The van der Waals surface area contributed by atoms with Gasteiger partial charge in [0.25, 0.3) is 0 Å². The van der Waals surface area contributed by atoms with Crippen LogP contribution in [0.3, 0.4) is 0 Å². The lowest BCUT2D eigenvalue weighted by Gasteiger charge is -2.31. The highest BCUT2D eigenvalue weighted by Crippen LogP contribution is 2.34. The van der Waals surface area contributed by atoms with Crippen LogP contribution in [0.5, 0.6) is 5.88 Å². The van der Waals surface area contributed by atoms with Crippen molar-refractivity contribution in [1.82, 2.24) is 14.9 Å². The van der Waals surface area contributed by atoms with Crippen molar-refractivity contribution in [2.45, 2.75) is 50.2 Å². The number of piperidine rings is 1. The summed E-state index contributed by atoms with van der Waals surface area (Å²) >= 11 is 0. The van der Waals surface area contributed by atoms with Gasteiger partial charge < -0.3 is 19.3 Å². The predicted molar refractivity (Wildman–Crippen MR) is 118 cm³/mol. The molecule has 2 aromatic rings. The SMILES string of the molecule is CC(C)OC(=O)N1CCC(Oc2ccnc(N3CCc4cc(S(C)=O)ccc43)n2)CC1. The Morgan fingerprint density at radius 3 is 2.68 bits per heavy atom. The molecule has 1 unspecified atom stereocenters. The summed E-state index contributed by atoms with van der Waals surface area (Å²) in [6.45, 7) is 5.68. The highest BCUT2D eigenvalue weighted by atomic mass is 32.2. The minimum Gasteiger partial charge on any atom is -0.474 e. The van der Waals surface area contributed by atoms with Crippen LogP contribution in [0.15, 0.2) is 35.4 Å². The van der Waals surface area contributed by atoms with Gasteiger partial charge >= 0.3 is 6.09 Å². The van der Waals surface area contributed by atoms with Crippen molar-refractivity contribution in [3.8, 4) is 5.88 Å². The average molecular weight is 445 g/mol. The topological polar surface area (TPSA) is 84.9 Å². The van der Waals surface area contributed by atoms with Crippen molar-refractivity contribution >= 4 is 28.5 Å². The first-order valence-electron chi connectivity index (χ1n) is 10.6. The van der Waals surface area contributed by atoms with Gasteiger partial charge in [-0.3, -0.25) is 4.21 Å². The van der Waals surface area contributed by atoms with Gasteiger partial charge in [-0.05, 0) is 44.0 Å². The van der Waals surface area contributed by atoms with E-state index in [9.17, 15) is 9.00 Å². The number of nitrogens with zero attached hydrogens (tertiary/aromatic N) is 4. The molecule has 1 saturated heterocycles. The summed E-state index contributed by atoms with van der Waals surface area (Å²) in [5, 5.41) is 0. The second-order valence-corrected chi connectivity index (χ2v) is 9.46. The molecule has 4 rings (SSSR count). The van der Waals surface area contributed by atoms with Crippen molar-refractivity contribution in [1.29, 1.82) is 0 Å². The summed E-state index contributed by atoms with van der Waals surface area (Å²) in [7, 11) is -0.996. The molecule has 0 saturated carbocycles. The maximum absolute atomic E-state index is 12.0. The Bertz CT molecular complexity index is 976. The molecular formula is C22H28N4O4S. The Balaban J connectivity index is 1.39. The van der Waals surface area contributed by atoms with E-state index in [0.29, 0.717) is 24.9 Å². The van der Waals surface area contributed by atoms with E-state index >= 15 is 0 Å². The molecule has 31 heavy (non-hydrogen) atoms. The molecule has 0 bridgehead atoms. The van der Waals surface area contributed by atoms with Crippen molar-refractivity contribution < 1.29 is 18.5 Å². The van der Waals surface area contributed by atoms with Gasteiger partial charge in [0.2, 0.25) is 11.8 Å². The summed E-state index contributed by atoms with van der Waals surface area (Å²) in [6, 6.07) is 7.65. The van der Waals surface area contributed by atoms with E-state index in [0.717, 1.165) is 42.0 Å². The number of ether oxygens (including phenoxy) is 2. The molecule has 9 heteroatoms. The maximum atomic E-state index is 12.0. The zero-order valence-corrected chi connectivity index (χ0v) is 18.9. The molecule has 1 fully saturated rings. The quantitative estimate of drug-likeness (QED) is 0.699. The Labute approximate surface area is 185 Å². The first kappa shape index (κ1) is 21.5. The zero-order chi connectivity index (χ0) is 22.0. The predicted octanol–water partition coefficient (Wildman–Crippen LogP) is 3.30. The second kappa shape index (κ2) is 9.21. The molecule has 8 nitrogen and oxygen atoms in total. The summed E-state index contributed by atoms with van der Waals surface area (Å²) in [6.07, 6.45) is 5.34. The largest absolute Gasteiger partial charge is 0.474 e. The van der Waals surface area contributed by atoms with Crippen molar-refractivity contribution in [3.05, 3.63) is 36.0 Å². The van der Waals surface area contributed by atoms with Gasteiger partial charge in [-0.2, -0.15) is 4.98 Å². The molecule has 1 aromatic heterocycles. The van der Waals surface area contributed by atoms with Crippen LogP contribution < -0.4 is 9.64 Å². The van der Waals surface area contributed by atoms with Gasteiger partial charge in [-0.1, -0.05) is 0 Å². The van der Waals surface area contributed by atoms with Crippen molar-refractivity contribution in [2.24, 2.45) is 0 Å². The first-order chi connectivity index (χ1) is 14.9. The molecule has 0 radical (unpaired) electrons. The van der Waals surface area contributed by atoms with E-state index in [1.165, 1.54) is 0 Å². The third-order valence-corrected chi connectivity index (χ3v) is 6.38.